The van der Waals surface area contributed by atoms with Gasteiger partial charge in [0.1, 0.15) is 11.4 Å². The molecule has 0 fully saturated rings. The van der Waals surface area contributed by atoms with E-state index in [1.165, 1.54) is 17.6 Å². The van der Waals surface area contributed by atoms with E-state index in [2.05, 4.69) is 15.4 Å². The smallest absolute Gasteiger partial charge is 0.333 e. The number of aromatic hydroxyl groups is 1. The second kappa shape index (κ2) is 6.72. The summed E-state index contributed by atoms with van der Waals surface area (Å²) in [5.41, 5.74) is -1.65. The fourth-order valence-corrected chi connectivity index (χ4v) is 2.92. The van der Waals surface area contributed by atoms with Gasteiger partial charge in [-0.25, -0.2) is 9.67 Å². The second-order valence-electron chi connectivity index (χ2n) is 6.63. The Morgan fingerprint density at radius 3 is 2.81 bits per heavy atom. The summed E-state index contributed by atoms with van der Waals surface area (Å²) in [6.07, 6.45) is 0. The van der Waals surface area contributed by atoms with Crippen LogP contribution in [0.4, 0.5) is 8.78 Å². The van der Waals surface area contributed by atoms with Crippen LogP contribution in [-0.4, -0.2) is 37.0 Å². The Hall–Kier alpha value is -2.82. The van der Waals surface area contributed by atoms with Crippen LogP contribution in [0.1, 0.15) is 48.1 Å². The van der Waals surface area contributed by atoms with Gasteiger partial charge in [0.25, 0.3) is 11.5 Å². The molecule has 2 N–H and O–H groups in total. The predicted octanol–water partition coefficient (Wildman–Crippen LogP) is 1.04. The number of hydrogen-bond donors (Lipinski definition) is 2. The van der Waals surface area contributed by atoms with Gasteiger partial charge >= 0.3 is 6.55 Å². The quantitative estimate of drug-likeness (QED) is 0.816. The number of hydrogen-bond acceptors (Lipinski definition) is 6. The molecule has 2 aromatic rings. The molecule has 0 bridgehead atoms. The normalized spacial score (nSPS) is 15.6. The molecular formula is C16H19F2N5O4. The highest BCUT2D eigenvalue weighted by molar-refractivity contribution is 5.94. The van der Waals surface area contributed by atoms with Crippen LogP contribution in [0.5, 0.6) is 5.75 Å². The van der Waals surface area contributed by atoms with Crippen molar-refractivity contribution in [3.8, 4) is 5.75 Å². The lowest BCUT2D eigenvalue weighted by molar-refractivity contribution is -0.0566. The van der Waals surface area contributed by atoms with Gasteiger partial charge in [-0.3, -0.25) is 14.2 Å². The molecule has 0 aromatic carbocycles. The summed E-state index contributed by atoms with van der Waals surface area (Å²) in [6, 6.07) is 1.40. The molecule has 27 heavy (non-hydrogen) atoms. The Balaban J connectivity index is 1.86. The fraction of sp³-hybridized carbons (Fsp3) is 0.500. The number of halogens is 2. The van der Waals surface area contributed by atoms with E-state index in [-0.39, 0.29) is 36.9 Å². The van der Waals surface area contributed by atoms with Crippen molar-refractivity contribution in [2.24, 2.45) is 0 Å². The molecule has 0 saturated carbocycles. The standard InChI is InChI=1S/C16H19F2N5O4/c1-8-6-9(21-23(8)15(17)18)7-19-12(25)10-11(24)13(26)22-4-5-27-16(2,3)14(22)20-10/h6,15,24H,4-5,7H2,1-3H3,(H,19,25). The van der Waals surface area contributed by atoms with E-state index < -0.39 is 35.1 Å². The topological polar surface area (TPSA) is 111 Å². The Labute approximate surface area is 152 Å². The van der Waals surface area contributed by atoms with Gasteiger partial charge in [-0.2, -0.15) is 13.9 Å². The Morgan fingerprint density at radius 2 is 2.19 bits per heavy atom. The molecule has 0 spiro atoms. The van der Waals surface area contributed by atoms with Crippen LogP contribution in [0, 0.1) is 6.92 Å². The van der Waals surface area contributed by atoms with Crippen LogP contribution in [0.25, 0.3) is 0 Å². The lowest BCUT2D eigenvalue weighted by Crippen LogP contribution is -2.42. The minimum absolute atomic E-state index is 0.168. The molecule has 1 aliphatic heterocycles. The SMILES string of the molecule is Cc1cc(CNC(=O)c2nc3n(c(=O)c2O)CCOC3(C)C)nn1C(F)F. The summed E-state index contributed by atoms with van der Waals surface area (Å²) in [4.78, 5) is 28.9. The molecule has 1 amide bonds. The molecule has 0 unspecified atom stereocenters. The summed E-state index contributed by atoms with van der Waals surface area (Å²) in [5.74, 6) is -1.37. The Morgan fingerprint density at radius 1 is 1.48 bits per heavy atom. The largest absolute Gasteiger partial charge is 0.501 e. The second-order valence-corrected chi connectivity index (χ2v) is 6.63. The Kier molecular flexibility index (Phi) is 4.72. The zero-order chi connectivity index (χ0) is 19.9. The number of aryl methyl sites for hydroxylation is 1. The van der Waals surface area contributed by atoms with Crippen molar-refractivity contribution in [1.29, 1.82) is 0 Å². The monoisotopic (exact) mass is 383 g/mol. The van der Waals surface area contributed by atoms with Gasteiger partial charge in [0.2, 0.25) is 5.75 Å². The minimum atomic E-state index is -2.79. The highest BCUT2D eigenvalue weighted by Crippen LogP contribution is 2.27. The number of rotatable bonds is 4. The number of nitrogens with zero attached hydrogens (tertiary/aromatic N) is 4. The first kappa shape index (κ1) is 19.0. The van der Waals surface area contributed by atoms with Crippen LogP contribution in [0.3, 0.4) is 0 Å². The molecular weight excluding hydrogens is 364 g/mol. The molecule has 11 heteroatoms. The molecule has 0 radical (unpaired) electrons. The summed E-state index contributed by atoms with van der Waals surface area (Å²) in [5, 5.41) is 16.2. The number of nitrogens with one attached hydrogen (secondary N) is 1. The molecule has 0 atom stereocenters. The average Bonchev–Trinajstić information content (AvgIpc) is 2.97. The molecule has 146 valence electrons. The van der Waals surface area contributed by atoms with Crippen molar-refractivity contribution in [1.82, 2.24) is 24.6 Å². The minimum Gasteiger partial charge on any atom is -0.501 e. The maximum absolute atomic E-state index is 12.8. The van der Waals surface area contributed by atoms with E-state index in [0.29, 0.717) is 4.68 Å². The van der Waals surface area contributed by atoms with Gasteiger partial charge in [0, 0.05) is 5.69 Å². The number of carbonyl (C=O) groups excluding carboxylic acids is 1. The van der Waals surface area contributed by atoms with Gasteiger partial charge < -0.3 is 15.2 Å². The van der Waals surface area contributed by atoms with E-state index in [0.717, 1.165) is 0 Å². The molecule has 2 aromatic heterocycles. The van der Waals surface area contributed by atoms with Gasteiger partial charge in [-0.15, -0.1) is 0 Å². The first-order valence-corrected chi connectivity index (χ1v) is 8.21. The van der Waals surface area contributed by atoms with Crippen LogP contribution < -0.4 is 10.9 Å². The van der Waals surface area contributed by atoms with Crippen molar-refractivity contribution in [2.45, 2.75) is 46.0 Å². The van der Waals surface area contributed by atoms with Gasteiger partial charge in [0.15, 0.2) is 5.69 Å². The summed E-state index contributed by atoms with van der Waals surface area (Å²) >= 11 is 0. The third kappa shape index (κ3) is 3.42. The molecule has 0 aliphatic carbocycles. The average molecular weight is 383 g/mol. The zero-order valence-corrected chi connectivity index (χ0v) is 15.0. The highest BCUT2D eigenvalue weighted by atomic mass is 19.3. The molecule has 1 aliphatic rings. The maximum atomic E-state index is 12.8. The van der Waals surface area contributed by atoms with E-state index in [4.69, 9.17) is 4.74 Å². The van der Waals surface area contributed by atoms with Crippen LogP contribution >= 0.6 is 0 Å². The highest BCUT2D eigenvalue weighted by Gasteiger charge is 2.34. The number of fused-ring (bicyclic) bond motifs is 1. The number of alkyl halides is 2. The predicted molar refractivity (Wildman–Crippen MR) is 88.5 cm³/mol. The van der Waals surface area contributed by atoms with Crippen molar-refractivity contribution in [3.05, 3.63) is 39.3 Å². The molecule has 3 rings (SSSR count). The Bertz CT molecular complexity index is 951. The van der Waals surface area contributed by atoms with Crippen LogP contribution in [0.15, 0.2) is 10.9 Å². The van der Waals surface area contributed by atoms with Crippen molar-refractivity contribution in [3.63, 3.8) is 0 Å². The van der Waals surface area contributed by atoms with Crippen LogP contribution in [-0.2, 0) is 23.4 Å². The van der Waals surface area contributed by atoms with Gasteiger partial charge in [-0.05, 0) is 26.8 Å². The summed E-state index contributed by atoms with van der Waals surface area (Å²) in [7, 11) is 0. The third-order valence-electron chi connectivity index (χ3n) is 4.26. The number of ether oxygens (including phenoxy) is 1. The lowest BCUT2D eigenvalue weighted by atomic mass is 10.1. The number of amides is 1. The summed E-state index contributed by atoms with van der Waals surface area (Å²) in [6.45, 7) is 2.39. The number of carbonyl (C=O) groups is 1. The number of aromatic nitrogens is 4. The molecule has 3 heterocycles. The molecule has 9 nitrogen and oxygen atoms in total. The van der Waals surface area contributed by atoms with E-state index in [1.54, 1.807) is 13.8 Å². The van der Waals surface area contributed by atoms with Crippen molar-refractivity contribution >= 4 is 5.91 Å². The fourth-order valence-electron chi connectivity index (χ4n) is 2.92. The first-order chi connectivity index (χ1) is 12.6. The van der Waals surface area contributed by atoms with Crippen molar-refractivity contribution in [2.75, 3.05) is 6.61 Å². The zero-order valence-electron chi connectivity index (χ0n) is 15.0. The molecule has 0 saturated heterocycles. The summed E-state index contributed by atoms with van der Waals surface area (Å²) < 4.78 is 32.9. The van der Waals surface area contributed by atoms with Crippen LogP contribution in [0.2, 0.25) is 0 Å². The third-order valence-corrected chi connectivity index (χ3v) is 4.26. The maximum Gasteiger partial charge on any atom is 0.333 e. The van der Waals surface area contributed by atoms with Gasteiger partial charge in [0.05, 0.1) is 25.4 Å². The van der Waals surface area contributed by atoms with E-state index in [9.17, 15) is 23.5 Å². The van der Waals surface area contributed by atoms with Gasteiger partial charge in [-0.1, -0.05) is 0 Å². The lowest BCUT2D eigenvalue weighted by Gasteiger charge is -2.32. The van der Waals surface area contributed by atoms with Crippen molar-refractivity contribution < 1.29 is 23.4 Å². The van der Waals surface area contributed by atoms with E-state index >= 15 is 0 Å². The first-order valence-electron chi connectivity index (χ1n) is 8.21. The van der Waals surface area contributed by atoms with E-state index in [1.807, 2.05) is 0 Å².